The van der Waals surface area contributed by atoms with E-state index in [1.165, 1.54) is 0 Å². The summed E-state index contributed by atoms with van der Waals surface area (Å²) in [5.41, 5.74) is 2.51. The van der Waals surface area contributed by atoms with Gasteiger partial charge in [0.2, 0.25) is 0 Å². The molecule has 0 fully saturated rings. The van der Waals surface area contributed by atoms with E-state index in [9.17, 15) is 9.59 Å². The molecule has 0 saturated heterocycles. The zero-order valence-electron chi connectivity index (χ0n) is 18.6. The number of esters is 1. The maximum absolute atomic E-state index is 12.0. The molecule has 0 bridgehead atoms. The van der Waals surface area contributed by atoms with Crippen molar-refractivity contribution in [3.63, 3.8) is 0 Å². The maximum atomic E-state index is 12.0. The quantitative estimate of drug-likeness (QED) is 0.169. The Bertz CT molecular complexity index is 781. The summed E-state index contributed by atoms with van der Waals surface area (Å²) < 4.78 is 5.28. The zero-order chi connectivity index (χ0) is 23.0. The van der Waals surface area contributed by atoms with Crippen LogP contribution in [0.2, 0.25) is 0 Å². The molecule has 32 heavy (non-hydrogen) atoms. The number of benzene rings is 2. The lowest BCUT2D eigenvalue weighted by atomic mass is 10.1. The van der Waals surface area contributed by atoms with Crippen molar-refractivity contribution in [2.45, 2.75) is 51.6 Å². The number of hydrogen-bond acceptors (Lipinski definition) is 5. The Labute approximate surface area is 190 Å². The molecule has 0 atom stereocenters. The summed E-state index contributed by atoms with van der Waals surface area (Å²) in [7, 11) is 0. The van der Waals surface area contributed by atoms with Gasteiger partial charge in [-0.25, -0.2) is 4.79 Å². The Hall–Kier alpha value is -2.96. The van der Waals surface area contributed by atoms with Gasteiger partial charge in [0.15, 0.2) is 0 Å². The fourth-order valence-electron chi connectivity index (χ4n) is 3.14. The maximum Gasteiger partial charge on any atom is 0.330 e. The monoisotopic (exact) mass is 439 g/mol. The number of hydroxylamine groups is 2. The van der Waals surface area contributed by atoms with Crippen molar-refractivity contribution in [3.05, 3.63) is 83.9 Å². The molecular weight excluding hydrogens is 406 g/mol. The highest BCUT2D eigenvalue weighted by Crippen LogP contribution is 2.12. The van der Waals surface area contributed by atoms with Gasteiger partial charge < -0.3 is 9.84 Å². The summed E-state index contributed by atoms with van der Waals surface area (Å²) in [6, 6.07) is 20.1. The zero-order valence-corrected chi connectivity index (χ0v) is 18.6. The Balaban J connectivity index is 1.64. The number of unbranched alkanes of at least 4 members (excludes halogenated alkanes) is 3. The topological polar surface area (TPSA) is 76.1 Å². The van der Waals surface area contributed by atoms with E-state index < -0.39 is 5.97 Å². The predicted octanol–water partition coefficient (Wildman–Crippen LogP) is 5.15. The van der Waals surface area contributed by atoms with Crippen molar-refractivity contribution in [2.75, 3.05) is 13.2 Å². The number of carboxylic acid groups (broad SMARTS) is 1. The molecule has 0 aliphatic heterocycles. The Morgan fingerprint density at radius 1 is 0.781 bits per heavy atom. The first-order valence-electron chi connectivity index (χ1n) is 11.1. The van der Waals surface area contributed by atoms with Gasteiger partial charge in [-0.05, 0) is 30.4 Å². The molecule has 0 saturated carbocycles. The lowest BCUT2D eigenvalue weighted by Gasteiger charge is -2.22. The van der Waals surface area contributed by atoms with Gasteiger partial charge >= 0.3 is 11.9 Å². The molecule has 2 rings (SSSR count). The third-order valence-electron chi connectivity index (χ3n) is 4.92. The number of ether oxygens (including phenoxy) is 1. The molecule has 0 heterocycles. The van der Waals surface area contributed by atoms with Crippen LogP contribution in [0.15, 0.2) is 72.8 Å². The van der Waals surface area contributed by atoms with Crippen molar-refractivity contribution in [2.24, 2.45) is 0 Å². The molecule has 1 N–H and O–H groups in total. The highest BCUT2D eigenvalue weighted by atomic mass is 16.7. The van der Waals surface area contributed by atoms with Crippen molar-refractivity contribution in [1.82, 2.24) is 5.06 Å². The van der Waals surface area contributed by atoms with E-state index in [4.69, 9.17) is 14.7 Å². The summed E-state index contributed by atoms with van der Waals surface area (Å²) in [6.45, 7) is 5.39. The number of nitrogens with zero attached hydrogens (tertiary/aromatic N) is 1. The van der Waals surface area contributed by atoms with Gasteiger partial charge in [-0.1, -0.05) is 80.1 Å². The van der Waals surface area contributed by atoms with Crippen molar-refractivity contribution in [3.8, 4) is 0 Å². The van der Waals surface area contributed by atoms with Crippen LogP contribution in [0.3, 0.4) is 0 Å². The molecule has 172 valence electrons. The number of carbonyl (C=O) groups is 2. The second-order valence-electron chi connectivity index (χ2n) is 7.65. The average Bonchev–Trinajstić information content (AvgIpc) is 2.79. The van der Waals surface area contributed by atoms with Crippen molar-refractivity contribution in [1.29, 1.82) is 0 Å². The van der Waals surface area contributed by atoms with Crippen LogP contribution in [0.4, 0.5) is 0 Å². The number of rotatable bonds is 16. The number of carboxylic acids is 1. The summed E-state index contributed by atoms with van der Waals surface area (Å²) in [6.07, 6.45) is 4.01. The third kappa shape index (κ3) is 10.9. The van der Waals surface area contributed by atoms with Crippen LogP contribution >= 0.6 is 0 Å². The van der Waals surface area contributed by atoms with Crippen molar-refractivity contribution >= 4 is 11.9 Å². The van der Waals surface area contributed by atoms with Gasteiger partial charge in [0.25, 0.3) is 0 Å². The first kappa shape index (κ1) is 25.3. The van der Waals surface area contributed by atoms with Gasteiger partial charge in [-0.2, -0.15) is 5.06 Å². The second kappa shape index (κ2) is 14.9. The minimum Gasteiger partial charge on any atom is -0.478 e. The largest absolute Gasteiger partial charge is 0.478 e. The lowest BCUT2D eigenvalue weighted by Crippen LogP contribution is -2.25. The second-order valence-corrected chi connectivity index (χ2v) is 7.65. The number of carbonyl (C=O) groups excluding carboxylic acids is 1. The van der Waals surface area contributed by atoms with Crippen LogP contribution in [0, 0.1) is 0 Å². The normalized spacial score (nSPS) is 10.8. The van der Waals surface area contributed by atoms with Crippen LogP contribution < -0.4 is 0 Å². The molecule has 0 aromatic heterocycles. The minimum atomic E-state index is -0.938. The van der Waals surface area contributed by atoms with E-state index >= 15 is 0 Å². The summed E-state index contributed by atoms with van der Waals surface area (Å²) in [5.74, 6) is -1.21. The molecule has 0 aliphatic carbocycles. The molecule has 0 amide bonds. The van der Waals surface area contributed by atoms with E-state index in [1.54, 1.807) is 0 Å². The van der Waals surface area contributed by atoms with Crippen LogP contribution in [0.25, 0.3) is 0 Å². The highest BCUT2D eigenvalue weighted by molar-refractivity contribution is 5.85. The fraction of sp³-hybridized carbons (Fsp3) is 0.385. The van der Waals surface area contributed by atoms with E-state index in [0.29, 0.717) is 26.1 Å². The molecule has 6 heteroatoms. The van der Waals surface area contributed by atoms with E-state index in [2.05, 4.69) is 6.58 Å². The first-order chi connectivity index (χ1) is 15.5. The summed E-state index contributed by atoms with van der Waals surface area (Å²) in [5, 5.41) is 10.6. The SMILES string of the molecule is C=C(CCCCCCOC(=O)CCON(Cc1ccccc1)Cc1ccccc1)C(=O)O. The standard InChI is InChI=1S/C26H33NO5/c1-22(26(29)30)12-6-2-3-11-18-31-25(28)17-19-32-27(20-23-13-7-4-8-14-23)21-24-15-9-5-10-16-24/h4-5,7-10,13-16H,1-3,6,11-12,17-21H2,(H,29,30). The van der Waals surface area contributed by atoms with Gasteiger partial charge in [-0.15, -0.1) is 0 Å². The van der Waals surface area contributed by atoms with Gasteiger partial charge in [0.05, 0.1) is 19.6 Å². The van der Waals surface area contributed by atoms with Crippen LogP contribution in [0.5, 0.6) is 0 Å². The first-order valence-corrected chi connectivity index (χ1v) is 11.1. The predicted molar refractivity (Wildman–Crippen MR) is 124 cm³/mol. The van der Waals surface area contributed by atoms with E-state index in [1.807, 2.05) is 65.7 Å². The Kier molecular flexibility index (Phi) is 11.8. The number of aliphatic carboxylic acids is 1. The summed E-state index contributed by atoms with van der Waals surface area (Å²) >= 11 is 0. The smallest absolute Gasteiger partial charge is 0.330 e. The molecule has 0 radical (unpaired) electrons. The van der Waals surface area contributed by atoms with Crippen LogP contribution in [0.1, 0.15) is 49.7 Å². The molecule has 2 aromatic rings. The minimum absolute atomic E-state index is 0.193. The fourth-order valence-corrected chi connectivity index (χ4v) is 3.14. The Morgan fingerprint density at radius 3 is 1.91 bits per heavy atom. The molecule has 0 unspecified atom stereocenters. The van der Waals surface area contributed by atoms with Gasteiger partial charge in [0, 0.05) is 18.7 Å². The van der Waals surface area contributed by atoms with Crippen LogP contribution in [-0.2, 0) is 32.3 Å². The lowest BCUT2D eigenvalue weighted by molar-refractivity contribution is -0.180. The average molecular weight is 440 g/mol. The molecular formula is C26H33NO5. The molecule has 6 nitrogen and oxygen atoms in total. The molecule has 2 aromatic carbocycles. The van der Waals surface area contributed by atoms with E-state index in [0.717, 1.165) is 36.8 Å². The van der Waals surface area contributed by atoms with E-state index in [-0.39, 0.29) is 24.6 Å². The van der Waals surface area contributed by atoms with Crippen LogP contribution in [-0.4, -0.2) is 35.3 Å². The molecule has 0 aliphatic rings. The number of hydrogen-bond donors (Lipinski definition) is 1. The van der Waals surface area contributed by atoms with Gasteiger partial charge in [-0.3, -0.25) is 9.63 Å². The molecule has 0 spiro atoms. The summed E-state index contributed by atoms with van der Waals surface area (Å²) in [4.78, 5) is 28.6. The van der Waals surface area contributed by atoms with Crippen molar-refractivity contribution < 1.29 is 24.3 Å². The third-order valence-corrected chi connectivity index (χ3v) is 4.92. The highest BCUT2D eigenvalue weighted by Gasteiger charge is 2.10. The Morgan fingerprint density at radius 2 is 1.34 bits per heavy atom. The van der Waals surface area contributed by atoms with Gasteiger partial charge in [0.1, 0.15) is 0 Å².